The van der Waals surface area contributed by atoms with Crippen LogP contribution in [0, 0.1) is 14.9 Å². The predicted molar refractivity (Wildman–Crippen MR) is 103 cm³/mol. The number of esters is 1. The summed E-state index contributed by atoms with van der Waals surface area (Å²) in [5.41, 5.74) is -0.340. The zero-order valence-electron chi connectivity index (χ0n) is 14.2. The number of hydrogen-bond acceptors (Lipinski definition) is 6. The van der Waals surface area contributed by atoms with E-state index in [1.165, 1.54) is 42.5 Å². The molecule has 3 aromatic carbocycles. The first-order valence-electron chi connectivity index (χ1n) is 7.89. The van der Waals surface area contributed by atoms with E-state index in [1.807, 2.05) is 0 Å². The van der Waals surface area contributed by atoms with E-state index in [9.17, 15) is 19.1 Å². The summed E-state index contributed by atoms with van der Waals surface area (Å²) in [6, 6.07) is 17.2. The van der Waals surface area contributed by atoms with Crippen LogP contribution in [0.15, 0.2) is 82.6 Å². The number of ether oxygens (including phenoxy) is 1. The van der Waals surface area contributed by atoms with E-state index in [-0.39, 0.29) is 15.4 Å². The van der Waals surface area contributed by atoms with Crippen molar-refractivity contribution in [1.29, 1.82) is 4.78 Å². The SMILES string of the molecule is N=S(=O)(c1ccccc1)c1ccc([N+](=O)[O-])c(OC(=O)c2ccc(Cl)cc2)c1. The normalized spacial score (nSPS) is 12.8. The monoisotopic (exact) mass is 416 g/mol. The maximum absolute atomic E-state index is 13.0. The number of nitro groups is 1. The number of carbonyl (C=O) groups excluding carboxylic acids is 1. The summed E-state index contributed by atoms with van der Waals surface area (Å²) in [6.07, 6.45) is 0. The first kappa shape index (κ1) is 19.5. The molecule has 3 rings (SSSR count). The fraction of sp³-hybridized carbons (Fsp3) is 0. The summed E-state index contributed by atoms with van der Waals surface area (Å²) >= 11 is 5.78. The average Bonchev–Trinajstić information content (AvgIpc) is 2.69. The molecule has 0 fully saturated rings. The topological polar surface area (TPSA) is 110 Å². The van der Waals surface area contributed by atoms with Crippen LogP contribution < -0.4 is 4.74 Å². The summed E-state index contributed by atoms with van der Waals surface area (Å²) < 4.78 is 26.4. The zero-order valence-corrected chi connectivity index (χ0v) is 15.8. The van der Waals surface area contributed by atoms with Crippen LogP contribution in [0.2, 0.25) is 5.02 Å². The molecule has 0 aliphatic carbocycles. The molecule has 3 aromatic rings. The maximum Gasteiger partial charge on any atom is 0.343 e. The van der Waals surface area contributed by atoms with Crippen LogP contribution in [0.25, 0.3) is 0 Å². The van der Waals surface area contributed by atoms with Crippen LogP contribution in [0.1, 0.15) is 10.4 Å². The highest BCUT2D eigenvalue weighted by Gasteiger charge is 2.23. The molecule has 7 nitrogen and oxygen atoms in total. The van der Waals surface area contributed by atoms with Gasteiger partial charge in [-0.3, -0.25) is 10.1 Å². The third kappa shape index (κ3) is 4.03. The number of rotatable bonds is 5. The minimum absolute atomic E-state index is 0.0109. The van der Waals surface area contributed by atoms with E-state index in [2.05, 4.69) is 0 Å². The van der Waals surface area contributed by atoms with Crippen molar-refractivity contribution < 1.29 is 18.7 Å². The highest BCUT2D eigenvalue weighted by Crippen LogP contribution is 2.33. The third-order valence-corrected chi connectivity index (χ3v) is 5.92. The summed E-state index contributed by atoms with van der Waals surface area (Å²) in [5.74, 6) is -1.23. The molecule has 0 bridgehead atoms. The second-order valence-electron chi connectivity index (χ2n) is 5.65. The van der Waals surface area contributed by atoms with Gasteiger partial charge in [-0.15, -0.1) is 0 Å². The van der Waals surface area contributed by atoms with Crippen molar-refractivity contribution in [3.05, 3.63) is 93.5 Å². The Morgan fingerprint density at radius 1 is 1.00 bits per heavy atom. The van der Waals surface area contributed by atoms with Gasteiger partial charge < -0.3 is 4.74 Å². The van der Waals surface area contributed by atoms with Gasteiger partial charge in [-0.2, -0.15) is 0 Å². The molecule has 0 spiro atoms. The molecular formula is C19H13ClN2O5S. The minimum atomic E-state index is -3.44. The predicted octanol–water partition coefficient (Wildman–Crippen LogP) is 4.93. The number of nitrogens with one attached hydrogen (secondary N) is 1. The van der Waals surface area contributed by atoms with Crippen LogP contribution in [-0.2, 0) is 9.73 Å². The lowest BCUT2D eigenvalue weighted by Gasteiger charge is -2.10. The molecule has 142 valence electrons. The lowest BCUT2D eigenvalue weighted by Crippen LogP contribution is -2.10. The van der Waals surface area contributed by atoms with Crippen molar-refractivity contribution in [3.63, 3.8) is 0 Å². The Labute approximate surface area is 165 Å². The van der Waals surface area contributed by atoms with E-state index in [1.54, 1.807) is 18.2 Å². The Morgan fingerprint density at radius 3 is 2.25 bits per heavy atom. The number of hydrogen-bond donors (Lipinski definition) is 1. The van der Waals surface area contributed by atoms with E-state index in [4.69, 9.17) is 21.1 Å². The lowest BCUT2D eigenvalue weighted by molar-refractivity contribution is -0.385. The van der Waals surface area contributed by atoms with Crippen molar-refractivity contribution in [2.24, 2.45) is 0 Å². The number of nitrogens with zero attached hydrogens (tertiary/aromatic N) is 1. The van der Waals surface area contributed by atoms with Gasteiger partial charge >= 0.3 is 11.7 Å². The smallest absolute Gasteiger partial charge is 0.343 e. The molecule has 0 saturated carbocycles. The van der Waals surface area contributed by atoms with Gasteiger partial charge in [0.25, 0.3) is 0 Å². The number of benzene rings is 3. The van der Waals surface area contributed by atoms with E-state index >= 15 is 0 Å². The van der Waals surface area contributed by atoms with Crippen LogP contribution in [0.5, 0.6) is 5.75 Å². The van der Waals surface area contributed by atoms with Crippen molar-refractivity contribution in [3.8, 4) is 5.75 Å². The first-order valence-corrected chi connectivity index (χ1v) is 9.83. The second kappa shape index (κ2) is 7.79. The van der Waals surface area contributed by atoms with Gasteiger partial charge in [0.05, 0.1) is 20.3 Å². The Bertz CT molecular complexity index is 1150. The minimum Gasteiger partial charge on any atom is -0.415 e. The number of carbonyl (C=O) groups is 1. The molecule has 0 aliphatic rings. The largest absolute Gasteiger partial charge is 0.415 e. The van der Waals surface area contributed by atoms with Gasteiger partial charge in [0.1, 0.15) is 9.73 Å². The summed E-state index contributed by atoms with van der Waals surface area (Å²) in [6.45, 7) is 0. The average molecular weight is 417 g/mol. The third-order valence-electron chi connectivity index (χ3n) is 3.82. The molecule has 1 atom stereocenters. The van der Waals surface area contributed by atoms with Crippen molar-refractivity contribution in [1.82, 2.24) is 0 Å². The molecule has 28 heavy (non-hydrogen) atoms. The fourth-order valence-electron chi connectivity index (χ4n) is 2.40. The first-order chi connectivity index (χ1) is 13.3. The van der Waals surface area contributed by atoms with Gasteiger partial charge in [0.2, 0.25) is 5.75 Å². The molecule has 0 saturated heterocycles. The summed E-state index contributed by atoms with van der Waals surface area (Å²) in [7, 11) is -3.44. The zero-order chi connectivity index (χ0) is 20.3. The Morgan fingerprint density at radius 2 is 1.64 bits per heavy atom. The molecule has 0 radical (unpaired) electrons. The highest BCUT2D eigenvalue weighted by atomic mass is 35.5. The highest BCUT2D eigenvalue weighted by molar-refractivity contribution is 7.92. The summed E-state index contributed by atoms with van der Waals surface area (Å²) in [5, 5.41) is 11.7. The van der Waals surface area contributed by atoms with Crippen molar-refractivity contribution in [2.75, 3.05) is 0 Å². The van der Waals surface area contributed by atoms with Gasteiger partial charge in [-0.1, -0.05) is 29.8 Å². The van der Waals surface area contributed by atoms with Gasteiger partial charge in [0.15, 0.2) is 0 Å². The van der Waals surface area contributed by atoms with Crippen LogP contribution in [-0.4, -0.2) is 15.1 Å². The fourth-order valence-corrected chi connectivity index (χ4v) is 3.87. The summed E-state index contributed by atoms with van der Waals surface area (Å²) in [4.78, 5) is 23.1. The molecule has 0 amide bonds. The van der Waals surface area contributed by atoms with Gasteiger partial charge in [-0.25, -0.2) is 13.8 Å². The molecule has 0 aromatic heterocycles. The number of halogens is 1. The van der Waals surface area contributed by atoms with E-state index in [0.29, 0.717) is 5.02 Å². The Kier molecular flexibility index (Phi) is 5.43. The van der Waals surface area contributed by atoms with E-state index < -0.39 is 32.1 Å². The number of nitro benzene ring substituents is 1. The van der Waals surface area contributed by atoms with Crippen molar-refractivity contribution >= 4 is 33.0 Å². The molecule has 1 unspecified atom stereocenters. The molecule has 0 aliphatic heterocycles. The van der Waals surface area contributed by atoms with Crippen LogP contribution in [0.3, 0.4) is 0 Å². The molecule has 1 N–H and O–H groups in total. The van der Waals surface area contributed by atoms with E-state index in [0.717, 1.165) is 12.1 Å². The Balaban J connectivity index is 2.02. The Hall–Kier alpha value is -3.23. The molecular weight excluding hydrogens is 404 g/mol. The van der Waals surface area contributed by atoms with Gasteiger partial charge in [0, 0.05) is 17.2 Å². The second-order valence-corrected chi connectivity index (χ2v) is 8.14. The quantitative estimate of drug-likeness (QED) is 0.274. The van der Waals surface area contributed by atoms with Crippen LogP contribution >= 0.6 is 11.6 Å². The van der Waals surface area contributed by atoms with Gasteiger partial charge in [-0.05, 0) is 42.5 Å². The molecule has 0 heterocycles. The lowest BCUT2D eigenvalue weighted by atomic mass is 10.2. The maximum atomic E-state index is 13.0. The van der Waals surface area contributed by atoms with Crippen molar-refractivity contribution in [2.45, 2.75) is 9.79 Å². The standard InChI is InChI=1S/C19H13ClN2O5S/c20-14-8-6-13(7-9-14)19(23)27-18-12-16(10-11-17(18)22(24)25)28(21,26)15-4-2-1-3-5-15/h1-12,21H. The molecule has 9 heteroatoms. The van der Waals surface area contributed by atoms with Crippen LogP contribution in [0.4, 0.5) is 5.69 Å².